The van der Waals surface area contributed by atoms with Crippen LogP contribution in [0.15, 0.2) is 42.6 Å². The maximum Gasteiger partial charge on any atom is 0.255 e. The second-order valence-electron chi connectivity index (χ2n) is 10.7. The highest BCUT2D eigenvalue weighted by Gasteiger charge is 2.32. The number of carbonyl (C=O) groups is 2. The fourth-order valence-corrected chi connectivity index (χ4v) is 4.88. The SMILES string of the molecule is CC(C)(O)COc1ccc2c(C(=O)NC3CCC(Oc4ccccc4C(N)=O)CC3)cnn2c1C1CC1. The maximum absolute atomic E-state index is 13.2. The Bertz CT molecular complexity index is 1300. The van der Waals surface area contributed by atoms with Gasteiger partial charge in [-0.25, -0.2) is 4.52 Å². The Balaban J connectivity index is 1.23. The lowest BCUT2D eigenvalue weighted by Gasteiger charge is -2.29. The van der Waals surface area contributed by atoms with Crippen molar-refractivity contribution in [1.82, 2.24) is 14.9 Å². The number of rotatable bonds is 9. The lowest BCUT2D eigenvalue weighted by atomic mass is 9.92. The molecule has 2 aliphatic rings. The first-order valence-electron chi connectivity index (χ1n) is 12.9. The summed E-state index contributed by atoms with van der Waals surface area (Å²) in [5.41, 5.74) is 7.13. The van der Waals surface area contributed by atoms with Crippen molar-refractivity contribution in [3.63, 3.8) is 0 Å². The molecule has 2 fully saturated rings. The van der Waals surface area contributed by atoms with E-state index in [1.54, 1.807) is 38.2 Å². The van der Waals surface area contributed by atoms with Gasteiger partial charge >= 0.3 is 0 Å². The molecule has 0 spiro atoms. The molecule has 9 nitrogen and oxygen atoms in total. The Morgan fingerprint density at radius 3 is 2.46 bits per heavy atom. The maximum atomic E-state index is 13.2. The van der Waals surface area contributed by atoms with Gasteiger partial charge in [-0.2, -0.15) is 5.10 Å². The third kappa shape index (κ3) is 5.72. The van der Waals surface area contributed by atoms with Crippen LogP contribution in [0.1, 0.15) is 84.7 Å². The fourth-order valence-electron chi connectivity index (χ4n) is 4.88. The van der Waals surface area contributed by atoms with Crippen LogP contribution in [0.4, 0.5) is 0 Å². The van der Waals surface area contributed by atoms with Crippen molar-refractivity contribution in [3.8, 4) is 11.5 Å². The van der Waals surface area contributed by atoms with E-state index in [9.17, 15) is 14.7 Å². The lowest BCUT2D eigenvalue weighted by molar-refractivity contribution is 0.0279. The first-order valence-corrected chi connectivity index (χ1v) is 12.9. The fraction of sp³-hybridized carbons (Fsp3) is 0.464. The first kappa shape index (κ1) is 25.1. The smallest absolute Gasteiger partial charge is 0.255 e. The van der Waals surface area contributed by atoms with E-state index in [4.69, 9.17) is 15.2 Å². The van der Waals surface area contributed by atoms with Crippen molar-refractivity contribution in [2.75, 3.05) is 6.61 Å². The summed E-state index contributed by atoms with van der Waals surface area (Å²) in [4.78, 5) is 24.9. The minimum absolute atomic E-state index is 0.0333. The molecule has 2 aliphatic carbocycles. The Kier molecular flexibility index (Phi) is 6.81. The van der Waals surface area contributed by atoms with Crippen LogP contribution >= 0.6 is 0 Å². The Morgan fingerprint density at radius 2 is 1.78 bits per heavy atom. The Hall–Kier alpha value is -3.59. The topological polar surface area (TPSA) is 128 Å². The summed E-state index contributed by atoms with van der Waals surface area (Å²) in [5, 5.41) is 17.8. The number of hydrogen-bond acceptors (Lipinski definition) is 6. The van der Waals surface area contributed by atoms with Gasteiger partial charge in [0.1, 0.15) is 18.1 Å². The number of amides is 2. The molecule has 3 aromatic rings. The van der Waals surface area contributed by atoms with Crippen molar-refractivity contribution in [3.05, 3.63) is 59.4 Å². The molecular formula is C28H34N4O5. The van der Waals surface area contributed by atoms with Gasteiger partial charge in [0.25, 0.3) is 11.8 Å². The molecule has 1 aromatic carbocycles. The summed E-state index contributed by atoms with van der Waals surface area (Å²) in [5.74, 6) is 0.886. The van der Waals surface area contributed by atoms with Crippen molar-refractivity contribution in [2.45, 2.75) is 76.0 Å². The van der Waals surface area contributed by atoms with E-state index in [2.05, 4.69) is 10.4 Å². The monoisotopic (exact) mass is 506 g/mol. The van der Waals surface area contributed by atoms with Crippen molar-refractivity contribution < 1.29 is 24.2 Å². The Morgan fingerprint density at radius 1 is 1.05 bits per heavy atom. The van der Waals surface area contributed by atoms with E-state index in [0.29, 0.717) is 28.5 Å². The van der Waals surface area contributed by atoms with Gasteiger partial charge in [0.15, 0.2) is 0 Å². The average molecular weight is 507 g/mol. The molecule has 0 saturated heterocycles. The number of pyridine rings is 1. The van der Waals surface area contributed by atoms with Gasteiger partial charge in [-0.1, -0.05) is 12.1 Å². The molecule has 2 amide bonds. The highest BCUT2D eigenvalue weighted by molar-refractivity contribution is 6.01. The molecule has 2 aromatic heterocycles. The molecule has 37 heavy (non-hydrogen) atoms. The van der Waals surface area contributed by atoms with E-state index in [0.717, 1.165) is 49.7 Å². The van der Waals surface area contributed by atoms with Crippen LogP contribution in [0.5, 0.6) is 11.5 Å². The van der Waals surface area contributed by atoms with Crippen molar-refractivity contribution >= 4 is 17.3 Å². The van der Waals surface area contributed by atoms with Gasteiger partial charge in [0, 0.05) is 12.0 Å². The molecule has 4 N–H and O–H groups in total. The number of nitrogens with one attached hydrogen (secondary N) is 1. The van der Waals surface area contributed by atoms with Gasteiger partial charge in [-0.3, -0.25) is 9.59 Å². The van der Waals surface area contributed by atoms with E-state index >= 15 is 0 Å². The average Bonchev–Trinajstić information content (AvgIpc) is 3.61. The van der Waals surface area contributed by atoms with E-state index in [1.165, 1.54) is 0 Å². The van der Waals surface area contributed by atoms with Crippen LogP contribution in [0.25, 0.3) is 5.52 Å². The molecule has 9 heteroatoms. The number of para-hydroxylation sites is 1. The summed E-state index contributed by atoms with van der Waals surface area (Å²) in [7, 11) is 0. The van der Waals surface area contributed by atoms with Crippen molar-refractivity contribution in [2.24, 2.45) is 5.73 Å². The number of nitrogens with zero attached hydrogens (tertiary/aromatic N) is 2. The van der Waals surface area contributed by atoms with Crippen LogP contribution < -0.4 is 20.5 Å². The molecule has 0 aliphatic heterocycles. The van der Waals surface area contributed by atoms with Crippen LogP contribution in [0.3, 0.4) is 0 Å². The summed E-state index contributed by atoms with van der Waals surface area (Å²) < 4.78 is 13.8. The number of hydrogen-bond donors (Lipinski definition) is 3. The summed E-state index contributed by atoms with van der Waals surface area (Å²) in [6, 6.07) is 10.8. The molecular weight excluding hydrogens is 472 g/mol. The summed E-state index contributed by atoms with van der Waals surface area (Å²) >= 11 is 0. The zero-order chi connectivity index (χ0) is 26.2. The Labute approximate surface area is 215 Å². The molecule has 0 atom stereocenters. The number of fused-ring (bicyclic) bond motifs is 1. The molecule has 0 bridgehead atoms. The van der Waals surface area contributed by atoms with Crippen LogP contribution in [0.2, 0.25) is 0 Å². The quantitative estimate of drug-likeness (QED) is 0.407. The number of aromatic nitrogens is 2. The molecule has 196 valence electrons. The normalized spacial score (nSPS) is 20.0. The van der Waals surface area contributed by atoms with Gasteiger partial charge in [-0.15, -0.1) is 0 Å². The number of benzene rings is 1. The molecule has 0 radical (unpaired) electrons. The van der Waals surface area contributed by atoms with Gasteiger partial charge < -0.3 is 25.6 Å². The van der Waals surface area contributed by atoms with Crippen LogP contribution in [0, 0.1) is 0 Å². The molecule has 2 heterocycles. The number of carbonyl (C=O) groups excluding carboxylic acids is 2. The van der Waals surface area contributed by atoms with E-state index in [1.807, 2.05) is 22.7 Å². The van der Waals surface area contributed by atoms with Crippen LogP contribution in [-0.4, -0.2) is 50.9 Å². The minimum atomic E-state index is -0.944. The predicted octanol–water partition coefficient (Wildman–Crippen LogP) is 3.58. The summed E-state index contributed by atoms with van der Waals surface area (Å²) in [6.45, 7) is 3.59. The highest BCUT2D eigenvalue weighted by Crippen LogP contribution is 2.44. The third-order valence-electron chi connectivity index (χ3n) is 6.92. The summed E-state index contributed by atoms with van der Waals surface area (Å²) in [6.07, 6.45) is 6.76. The highest BCUT2D eigenvalue weighted by atomic mass is 16.5. The van der Waals surface area contributed by atoms with E-state index < -0.39 is 11.5 Å². The number of aliphatic hydroxyl groups is 1. The van der Waals surface area contributed by atoms with Gasteiger partial charge in [0.05, 0.1) is 40.2 Å². The van der Waals surface area contributed by atoms with Gasteiger partial charge in [-0.05, 0) is 76.6 Å². The lowest BCUT2D eigenvalue weighted by Crippen LogP contribution is -2.39. The molecule has 2 saturated carbocycles. The van der Waals surface area contributed by atoms with Crippen LogP contribution in [-0.2, 0) is 0 Å². The standard InChI is InChI=1S/C28H34N4O5/c1-28(2,35)16-36-24-14-13-22-21(15-30-32(22)25(24)17-7-8-17)27(34)31-18-9-11-19(12-10-18)37-23-6-4-3-5-20(23)26(29)33/h3-6,13-15,17-19,35H,7-12,16H2,1-2H3,(H2,29,33)(H,31,34). The second-order valence-corrected chi connectivity index (χ2v) is 10.7. The molecule has 0 unspecified atom stereocenters. The molecule has 5 rings (SSSR count). The third-order valence-corrected chi connectivity index (χ3v) is 6.92. The predicted molar refractivity (Wildman–Crippen MR) is 138 cm³/mol. The largest absolute Gasteiger partial charge is 0.490 e. The van der Waals surface area contributed by atoms with Gasteiger partial charge in [0.2, 0.25) is 0 Å². The number of primary amides is 1. The number of ether oxygens (including phenoxy) is 2. The van der Waals surface area contributed by atoms with E-state index in [-0.39, 0.29) is 24.7 Å². The zero-order valence-corrected chi connectivity index (χ0v) is 21.3. The van der Waals surface area contributed by atoms with Crippen molar-refractivity contribution in [1.29, 1.82) is 0 Å². The zero-order valence-electron chi connectivity index (χ0n) is 21.3. The number of nitrogens with two attached hydrogens (primary N) is 1. The first-order chi connectivity index (χ1) is 17.7. The second kappa shape index (κ2) is 10.0. The minimum Gasteiger partial charge on any atom is -0.490 e.